The Hall–Kier alpha value is -0.870. The van der Waals surface area contributed by atoms with Crippen molar-refractivity contribution in [3.63, 3.8) is 0 Å². The molecule has 16 heavy (non-hydrogen) atoms. The van der Waals surface area contributed by atoms with Crippen molar-refractivity contribution in [2.45, 2.75) is 32.1 Å². The molecule has 0 spiro atoms. The molecule has 1 aromatic carbocycles. The van der Waals surface area contributed by atoms with Crippen LogP contribution in [0.1, 0.15) is 32.3 Å². The molecule has 84 valence electrons. The lowest BCUT2D eigenvalue weighted by atomic mass is 9.72. The lowest BCUT2D eigenvalue weighted by Crippen LogP contribution is -2.28. The van der Waals surface area contributed by atoms with Gasteiger partial charge in [0.1, 0.15) is 0 Å². The van der Waals surface area contributed by atoms with Gasteiger partial charge in [-0.2, -0.15) is 0 Å². The summed E-state index contributed by atoms with van der Waals surface area (Å²) in [5.74, 6) is 0. The molecule has 1 aromatic rings. The number of rotatable bonds is 2. The van der Waals surface area contributed by atoms with E-state index in [0.29, 0.717) is 0 Å². The van der Waals surface area contributed by atoms with Crippen LogP contribution >= 0.6 is 9.24 Å². The molecule has 0 N–H and O–H groups in total. The fourth-order valence-corrected chi connectivity index (χ4v) is 3.08. The van der Waals surface area contributed by atoms with E-state index in [2.05, 4.69) is 65.6 Å². The van der Waals surface area contributed by atoms with Gasteiger partial charge in [0.05, 0.1) is 0 Å². The van der Waals surface area contributed by atoms with Gasteiger partial charge in [-0.1, -0.05) is 55.0 Å². The average Bonchev–Trinajstić information content (AvgIpc) is 2.30. The molecule has 0 amide bonds. The molecular weight excluding hydrogens is 211 g/mol. The molecule has 1 heteroatoms. The third-order valence-corrected chi connectivity index (χ3v) is 4.02. The predicted molar refractivity (Wildman–Crippen MR) is 75.3 cm³/mol. The standard InChI is InChI=1S/C15H19P/c1-3-12-8-6-7-11-15(12,2)13-9-4-5-10-14(13)16/h4-5,7-11H,3,6,16H2,1-2H3. The van der Waals surface area contributed by atoms with Gasteiger partial charge in [0, 0.05) is 5.41 Å². The highest BCUT2D eigenvalue weighted by molar-refractivity contribution is 7.27. The molecular formula is C15H19P. The van der Waals surface area contributed by atoms with Crippen molar-refractivity contribution in [2.75, 3.05) is 0 Å². The Morgan fingerprint density at radius 2 is 2.06 bits per heavy atom. The largest absolute Gasteiger partial charge is 0.105 e. The smallest absolute Gasteiger partial charge is 0.0319 e. The van der Waals surface area contributed by atoms with Gasteiger partial charge in [-0.15, -0.1) is 9.24 Å². The van der Waals surface area contributed by atoms with Crippen LogP contribution in [0.3, 0.4) is 0 Å². The lowest BCUT2D eigenvalue weighted by Gasteiger charge is -2.33. The monoisotopic (exact) mass is 230 g/mol. The molecule has 0 bridgehead atoms. The first kappa shape index (κ1) is 11.6. The molecule has 2 rings (SSSR count). The second kappa shape index (κ2) is 4.55. The Labute approximate surface area is 101 Å². The topological polar surface area (TPSA) is 0 Å². The zero-order chi connectivity index (χ0) is 11.6. The molecule has 1 aliphatic rings. The van der Waals surface area contributed by atoms with E-state index in [1.807, 2.05) is 0 Å². The van der Waals surface area contributed by atoms with E-state index >= 15 is 0 Å². The third kappa shape index (κ3) is 1.87. The van der Waals surface area contributed by atoms with Crippen LogP contribution in [0.4, 0.5) is 0 Å². The minimum Gasteiger partial charge on any atom is -0.105 e. The lowest BCUT2D eigenvalue weighted by molar-refractivity contribution is 0.663. The van der Waals surface area contributed by atoms with Crippen molar-refractivity contribution in [1.29, 1.82) is 0 Å². The maximum atomic E-state index is 2.85. The number of allylic oxidation sites excluding steroid dienone is 4. The first-order valence-electron chi connectivity index (χ1n) is 5.90. The molecule has 0 nitrogen and oxygen atoms in total. The quantitative estimate of drug-likeness (QED) is 0.536. The van der Waals surface area contributed by atoms with E-state index in [1.165, 1.54) is 16.4 Å². The summed E-state index contributed by atoms with van der Waals surface area (Å²) in [5.41, 5.74) is 3.03. The molecule has 0 aliphatic heterocycles. The fraction of sp³-hybridized carbons (Fsp3) is 0.333. The van der Waals surface area contributed by atoms with Gasteiger partial charge in [-0.3, -0.25) is 0 Å². The van der Waals surface area contributed by atoms with Gasteiger partial charge in [0.2, 0.25) is 0 Å². The van der Waals surface area contributed by atoms with E-state index < -0.39 is 0 Å². The van der Waals surface area contributed by atoms with Crippen LogP contribution in [-0.2, 0) is 5.41 Å². The zero-order valence-electron chi connectivity index (χ0n) is 10.0. The normalized spacial score (nSPS) is 24.3. The van der Waals surface area contributed by atoms with Crippen LogP contribution in [0.2, 0.25) is 0 Å². The van der Waals surface area contributed by atoms with Crippen LogP contribution in [-0.4, -0.2) is 0 Å². The van der Waals surface area contributed by atoms with Crippen LogP contribution in [0, 0.1) is 0 Å². The highest BCUT2D eigenvalue weighted by atomic mass is 31.0. The summed E-state index contributed by atoms with van der Waals surface area (Å²) in [6, 6.07) is 8.63. The Kier molecular flexibility index (Phi) is 3.30. The summed E-state index contributed by atoms with van der Waals surface area (Å²) in [7, 11) is 2.85. The van der Waals surface area contributed by atoms with Gasteiger partial charge in [0.15, 0.2) is 0 Å². The second-order valence-electron chi connectivity index (χ2n) is 4.51. The van der Waals surface area contributed by atoms with Gasteiger partial charge in [0.25, 0.3) is 0 Å². The van der Waals surface area contributed by atoms with Crippen LogP contribution in [0.15, 0.2) is 48.1 Å². The van der Waals surface area contributed by atoms with Crippen LogP contribution in [0.5, 0.6) is 0 Å². The second-order valence-corrected chi connectivity index (χ2v) is 5.13. The predicted octanol–water partition coefficient (Wildman–Crippen LogP) is 3.74. The van der Waals surface area contributed by atoms with E-state index in [1.54, 1.807) is 0 Å². The van der Waals surface area contributed by atoms with Crippen LogP contribution in [0.25, 0.3) is 0 Å². The van der Waals surface area contributed by atoms with Crippen molar-refractivity contribution in [1.82, 2.24) is 0 Å². The van der Waals surface area contributed by atoms with Crippen molar-refractivity contribution in [3.05, 3.63) is 53.6 Å². The molecule has 0 radical (unpaired) electrons. The molecule has 0 fully saturated rings. The Bertz CT molecular complexity index is 443. The molecule has 0 aromatic heterocycles. The average molecular weight is 230 g/mol. The van der Waals surface area contributed by atoms with Crippen molar-refractivity contribution in [3.8, 4) is 0 Å². The fourth-order valence-electron chi connectivity index (χ4n) is 2.58. The highest BCUT2D eigenvalue weighted by Crippen LogP contribution is 2.37. The van der Waals surface area contributed by atoms with Gasteiger partial charge in [-0.05, 0) is 30.6 Å². The van der Waals surface area contributed by atoms with E-state index in [0.717, 1.165) is 12.8 Å². The van der Waals surface area contributed by atoms with Crippen LogP contribution < -0.4 is 5.30 Å². The van der Waals surface area contributed by atoms with Gasteiger partial charge >= 0.3 is 0 Å². The molecule has 2 atom stereocenters. The maximum Gasteiger partial charge on any atom is 0.0319 e. The minimum absolute atomic E-state index is 0.0886. The molecule has 0 saturated carbocycles. The van der Waals surface area contributed by atoms with E-state index in [-0.39, 0.29) is 5.41 Å². The summed E-state index contributed by atoms with van der Waals surface area (Å²) < 4.78 is 0. The number of benzene rings is 1. The SMILES string of the molecule is CCC1=CCC=CC1(C)c1ccccc1P. The highest BCUT2D eigenvalue weighted by Gasteiger charge is 2.29. The third-order valence-electron chi connectivity index (χ3n) is 3.52. The number of hydrogen-bond donors (Lipinski definition) is 0. The van der Waals surface area contributed by atoms with E-state index in [4.69, 9.17) is 0 Å². The summed E-state index contributed by atoms with van der Waals surface area (Å²) in [5, 5.41) is 1.30. The Balaban J connectivity index is 2.53. The summed E-state index contributed by atoms with van der Waals surface area (Å²) in [4.78, 5) is 0. The van der Waals surface area contributed by atoms with Gasteiger partial charge < -0.3 is 0 Å². The first-order valence-corrected chi connectivity index (χ1v) is 6.48. The molecule has 0 heterocycles. The summed E-state index contributed by atoms with van der Waals surface area (Å²) in [6.45, 7) is 4.57. The summed E-state index contributed by atoms with van der Waals surface area (Å²) in [6.07, 6.45) is 9.21. The van der Waals surface area contributed by atoms with Gasteiger partial charge in [-0.25, -0.2) is 0 Å². The first-order chi connectivity index (χ1) is 7.68. The van der Waals surface area contributed by atoms with Crippen molar-refractivity contribution < 1.29 is 0 Å². The summed E-state index contributed by atoms with van der Waals surface area (Å²) >= 11 is 0. The maximum absolute atomic E-state index is 2.85. The molecule has 0 saturated heterocycles. The van der Waals surface area contributed by atoms with E-state index in [9.17, 15) is 0 Å². The molecule has 2 unspecified atom stereocenters. The number of hydrogen-bond acceptors (Lipinski definition) is 0. The molecule has 1 aliphatic carbocycles. The Morgan fingerprint density at radius 1 is 1.31 bits per heavy atom. The van der Waals surface area contributed by atoms with Crippen molar-refractivity contribution in [2.24, 2.45) is 0 Å². The Morgan fingerprint density at radius 3 is 2.75 bits per heavy atom. The zero-order valence-corrected chi connectivity index (χ0v) is 11.2. The minimum atomic E-state index is 0.0886. The van der Waals surface area contributed by atoms with Crippen molar-refractivity contribution >= 4 is 14.5 Å².